The molecule has 3 atom stereocenters. The Labute approximate surface area is 174 Å². The maximum absolute atomic E-state index is 13.4. The Morgan fingerprint density at radius 3 is 2.54 bits per heavy atom. The van der Waals surface area contributed by atoms with Gasteiger partial charge in [0, 0.05) is 40.6 Å². The molecule has 2 aliphatic heterocycles. The number of fused-ring (bicyclic) bond motifs is 1. The van der Waals surface area contributed by atoms with Crippen LogP contribution in [0.4, 0.5) is 5.69 Å². The lowest BCUT2D eigenvalue weighted by molar-refractivity contribution is -0.122. The predicted octanol–water partition coefficient (Wildman–Crippen LogP) is 5.38. The fraction of sp³-hybridized carbons (Fsp3) is 0.261. The Morgan fingerprint density at radius 1 is 1.00 bits per heavy atom. The van der Waals surface area contributed by atoms with Gasteiger partial charge in [0.05, 0.1) is 6.04 Å². The summed E-state index contributed by atoms with van der Waals surface area (Å²) in [6.07, 6.45) is 1.00. The maximum Gasteiger partial charge on any atom is 0.244 e. The van der Waals surface area contributed by atoms with Crippen molar-refractivity contribution in [2.24, 2.45) is 5.92 Å². The van der Waals surface area contributed by atoms with Crippen LogP contribution in [-0.2, 0) is 11.3 Å². The highest BCUT2D eigenvalue weighted by Gasteiger charge is 2.52. The van der Waals surface area contributed by atoms with Crippen molar-refractivity contribution in [3.05, 3.63) is 87.6 Å². The topological polar surface area (TPSA) is 23.6 Å². The van der Waals surface area contributed by atoms with Crippen LogP contribution in [0.1, 0.15) is 22.9 Å². The minimum absolute atomic E-state index is 0.0939. The van der Waals surface area contributed by atoms with Gasteiger partial charge in [-0.2, -0.15) is 0 Å². The molecule has 5 rings (SSSR count). The summed E-state index contributed by atoms with van der Waals surface area (Å²) in [7, 11) is 0. The largest absolute Gasteiger partial charge is 0.311 e. The molecule has 2 aliphatic rings. The summed E-state index contributed by atoms with van der Waals surface area (Å²) in [5.41, 5.74) is 2.07. The highest BCUT2D eigenvalue weighted by Crippen LogP contribution is 2.47. The Balaban J connectivity index is 1.49. The molecule has 0 aliphatic carbocycles. The number of anilines is 1. The fourth-order valence-electron chi connectivity index (χ4n) is 4.65. The van der Waals surface area contributed by atoms with E-state index in [9.17, 15) is 4.79 Å². The SMILES string of the molecule is O=C1[C@H]2[C@H](C[C@H](c3cccs3)N2Cc2ccccc2Cl)CN1c1ccccc1. The van der Waals surface area contributed by atoms with Crippen LogP contribution in [-0.4, -0.2) is 23.4 Å². The zero-order valence-electron chi connectivity index (χ0n) is 15.4. The van der Waals surface area contributed by atoms with Crippen molar-refractivity contribution in [3.8, 4) is 0 Å². The minimum atomic E-state index is -0.0939. The summed E-state index contributed by atoms with van der Waals surface area (Å²) in [5.74, 6) is 0.546. The van der Waals surface area contributed by atoms with E-state index in [1.807, 2.05) is 53.4 Å². The smallest absolute Gasteiger partial charge is 0.244 e. The van der Waals surface area contributed by atoms with Gasteiger partial charge in [0.15, 0.2) is 0 Å². The number of hydrogen-bond donors (Lipinski definition) is 0. The molecule has 3 heterocycles. The van der Waals surface area contributed by atoms with Gasteiger partial charge in [0.1, 0.15) is 0 Å². The van der Waals surface area contributed by atoms with Gasteiger partial charge >= 0.3 is 0 Å². The fourth-order valence-corrected chi connectivity index (χ4v) is 5.71. The minimum Gasteiger partial charge on any atom is -0.311 e. The van der Waals surface area contributed by atoms with E-state index in [2.05, 4.69) is 28.5 Å². The highest BCUT2D eigenvalue weighted by molar-refractivity contribution is 7.10. The zero-order chi connectivity index (χ0) is 19.1. The molecular weight excluding hydrogens is 388 g/mol. The van der Waals surface area contributed by atoms with Crippen LogP contribution >= 0.6 is 22.9 Å². The Kier molecular flexibility index (Phi) is 4.71. The molecule has 0 bridgehead atoms. The number of rotatable bonds is 4. The second-order valence-corrected chi connectivity index (χ2v) is 8.91. The predicted molar refractivity (Wildman–Crippen MR) is 115 cm³/mol. The molecule has 2 saturated heterocycles. The first-order valence-electron chi connectivity index (χ1n) is 9.61. The number of carbonyl (C=O) groups is 1. The van der Waals surface area contributed by atoms with Crippen molar-refractivity contribution < 1.29 is 4.79 Å². The van der Waals surface area contributed by atoms with E-state index in [1.165, 1.54) is 4.88 Å². The van der Waals surface area contributed by atoms with E-state index in [1.54, 1.807) is 11.3 Å². The molecule has 2 fully saturated rings. The van der Waals surface area contributed by atoms with Crippen LogP contribution in [0.2, 0.25) is 5.02 Å². The number of benzene rings is 2. The standard InChI is InChI=1S/C23H21ClN2OS/c24-19-10-5-4-7-16(19)14-26-20(21-11-6-12-28-21)13-17-15-25(23(27)22(17)26)18-8-2-1-3-9-18/h1-12,17,20,22H,13-15H2/t17-,20-,22-/m1/s1. The Morgan fingerprint density at radius 2 is 1.79 bits per heavy atom. The number of halogens is 1. The number of likely N-dealkylation sites (tertiary alicyclic amines) is 1. The number of hydrogen-bond acceptors (Lipinski definition) is 3. The van der Waals surface area contributed by atoms with Crippen molar-refractivity contribution in [1.82, 2.24) is 4.90 Å². The normalized spacial score (nSPS) is 24.7. The lowest BCUT2D eigenvalue weighted by atomic mass is 10.0. The molecule has 3 nitrogen and oxygen atoms in total. The van der Waals surface area contributed by atoms with Crippen LogP contribution in [0.5, 0.6) is 0 Å². The molecule has 0 N–H and O–H groups in total. The molecule has 2 aromatic carbocycles. The third-order valence-corrected chi connectivity index (χ3v) is 7.26. The van der Waals surface area contributed by atoms with Gasteiger partial charge in [-0.3, -0.25) is 9.69 Å². The lowest BCUT2D eigenvalue weighted by Gasteiger charge is -2.30. The molecule has 1 aromatic heterocycles. The van der Waals surface area contributed by atoms with E-state index in [-0.39, 0.29) is 18.0 Å². The number of nitrogens with zero attached hydrogens (tertiary/aromatic N) is 2. The second-order valence-electron chi connectivity index (χ2n) is 7.52. The lowest BCUT2D eigenvalue weighted by Crippen LogP contribution is -2.40. The van der Waals surface area contributed by atoms with Crippen molar-refractivity contribution in [2.75, 3.05) is 11.4 Å². The molecule has 0 spiro atoms. The molecule has 142 valence electrons. The second kappa shape index (κ2) is 7.36. The van der Waals surface area contributed by atoms with Crippen LogP contribution in [0.3, 0.4) is 0 Å². The summed E-state index contributed by atoms with van der Waals surface area (Å²) in [4.78, 5) is 19.1. The van der Waals surface area contributed by atoms with Crippen molar-refractivity contribution in [3.63, 3.8) is 0 Å². The highest BCUT2D eigenvalue weighted by atomic mass is 35.5. The van der Waals surface area contributed by atoms with Gasteiger partial charge < -0.3 is 4.90 Å². The molecule has 1 amide bonds. The Hall–Kier alpha value is -2.14. The number of thiophene rings is 1. The molecular formula is C23H21ClN2OS. The van der Waals surface area contributed by atoms with Gasteiger partial charge in [0.2, 0.25) is 5.91 Å². The first-order valence-corrected chi connectivity index (χ1v) is 10.9. The summed E-state index contributed by atoms with van der Waals surface area (Å²) >= 11 is 8.24. The number of amides is 1. The van der Waals surface area contributed by atoms with Crippen molar-refractivity contribution in [2.45, 2.75) is 25.0 Å². The van der Waals surface area contributed by atoms with E-state index < -0.39 is 0 Å². The van der Waals surface area contributed by atoms with Gasteiger partial charge in [-0.1, -0.05) is 54.1 Å². The monoisotopic (exact) mass is 408 g/mol. The molecule has 0 unspecified atom stereocenters. The molecule has 28 heavy (non-hydrogen) atoms. The summed E-state index contributed by atoms with van der Waals surface area (Å²) in [6.45, 7) is 1.48. The van der Waals surface area contributed by atoms with Crippen LogP contribution in [0.15, 0.2) is 72.1 Å². The van der Waals surface area contributed by atoms with Crippen molar-refractivity contribution in [1.29, 1.82) is 0 Å². The molecule has 0 radical (unpaired) electrons. The molecule has 0 saturated carbocycles. The average molecular weight is 409 g/mol. The van der Waals surface area contributed by atoms with Crippen LogP contribution in [0, 0.1) is 5.92 Å². The number of carbonyl (C=O) groups excluding carboxylic acids is 1. The van der Waals surface area contributed by atoms with Crippen LogP contribution < -0.4 is 4.90 Å². The van der Waals surface area contributed by atoms with Gasteiger partial charge in [-0.15, -0.1) is 11.3 Å². The number of para-hydroxylation sites is 1. The van der Waals surface area contributed by atoms with Gasteiger partial charge in [-0.05, 0) is 41.6 Å². The van der Waals surface area contributed by atoms with Crippen molar-refractivity contribution >= 4 is 34.5 Å². The third-order valence-electron chi connectivity index (χ3n) is 5.92. The summed E-state index contributed by atoms with van der Waals surface area (Å²) in [5, 5.41) is 2.89. The summed E-state index contributed by atoms with van der Waals surface area (Å²) < 4.78 is 0. The van der Waals surface area contributed by atoms with E-state index in [4.69, 9.17) is 11.6 Å². The molecule has 5 heteroatoms. The molecule has 3 aromatic rings. The first-order chi connectivity index (χ1) is 13.7. The maximum atomic E-state index is 13.4. The van der Waals surface area contributed by atoms with E-state index in [0.29, 0.717) is 12.5 Å². The summed E-state index contributed by atoms with van der Waals surface area (Å²) in [6, 6.07) is 22.4. The van der Waals surface area contributed by atoms with Crippen LogP contribution in [0.25, 0.3) is 0 Å². The first kappa shape index (κ1) is 17.9. The zero-order valence-corrected chi connectivity index (χ0v) is 16.9. The quantitative estimate of drug-likeness (QED) is 0.578. The van der Waals surface area contributed by atoms with E-state index in [0.717, 1.165) is 29.2 Å². The van der Waals surface area contributed by atoms with Gasteiger partial charge in [-0.25, -0.2) is 0 Å². The van der Waals surface area contributed by atoms with E-state index >= 15 is 0 Å². The average Bonchev–Trinajstić information content (AvgIpc) is 3.42. The van der Waals surface area contributed by atoms with Gasteiger partial charge in [0.25, 0.3) is 0 Å². The Bertz CT molecular complexity index is 975. The third kappa shape index (κ3) is 3.06.